The van der Waals surface area contributed by atoms with Crippen LogP contribution in [-0.2, 0) is 30.3 Å². The van der Waals surface area contributed by atoms with E-state index in [1.165, 1.54) is 0 Å². The Bertz CT molecular complexity index is 1510. The molecule has 222 valence electrons. The summed E-state index contributed by atoms with van der Waals surface area (Å²) in [4.78, 5) is 26.8. The molecule has 2 unspecified atom stereocenters. The van der Waals surface area contributed by atoms with Crippen LogP contribution in [0.4, 0.5) is 0 Å². The van der Waals surface area contributed by atoms with Crippen LogP contribution < -0.4 is 0 Å². The molecular weight excluding hydrogens is 544 g/mol. The number of hydrogen-bond donors (Lipinski definition) is 0. The van der Waals surface area contributed by atoms with E-state index in [9.17, 15) is 9.59 Å². The van der Waals surface area contributed by atoms with E-state index in [0.29, 0.717) is 35.5 Å². The second kappa shape index (κ2) is 11.8. The summed E-state index contributed by atoms with van der Waals surface area (Å²) in [6.45, 7) is 7.06. The van der Waals surface area contributed by atoms with Gasteiger partial charge in [-0.2, -0.15) is 0 Å². The van der Waals surface area contributed by atoms with E-state index < -0.39 is 11.2 Å². The third-order valence-corrected chi connectivity index (χ3v) is 9.38. The number of benzene rings is 4. The number of ether oxygens (including phenoxy) is 2. The molecule has 0 amide bonds. The maximum absolute atomic E-state index is 13.4. The minimum absolute atomic E-state index is 0.000180. The van der Waals surface area contributed by atoms with Crippen LogP contribution in [0.15, 0.2) is 144 Å². The predicted octanol–water partition coefficient (Wildman–Crippen LogP) is 8.67. The van der Waals surface area contributed by atoms with Crippen molar-refractivity contribution in [2.75, 3.05) is 0 Å². The van der Waals surface area contributed by atoms with E-state index >= 15 is 0 Å². The largest absolute Gasteiger partial charge is 0.481 e. The molecule has 0 radical (unpaired) electrons. The molecule has 0 spiro atoms. The van der Waals surface area contributed by atoms with Gasteiger partial charge in [0, 0.05) is 45.2 Å². The van der Waals surface area contributed by atoms with Crippen molar-refractivity contribution in [3.63, 3.8) is 0 Å². The molecule has 2 atom stereocenters. The molecule has 0 bridgehead atoms. The molecule has 6 rings (SSSR count). The number of carbonyl (C=O) groups excluding carboxylic acids is 2. The molecule has 4 heteroatoms. The van der Waals surface area contributed by atoms with Crippen LogP contribution in [0.3, 0.4) is 0 Å². The van der Waals surface area contributed by atoms with E-state index in [2.05, 4.69) is 48.5 Å². The molecule has 4 aromatic rings. The SMILES string of the molecule is CC(=O)C1=C(C)OC(c2ccccc2)(c2ccccc2)C1CCC1C(C(C)=O)=C(C)OC1(c1ccccc1)c1ccccc1. The lowest BCUT2D eigenvalue weighted by Crippen LogP contribution is -2.39. The fourth-order valence-corrected chi connectivity index (χ4v) is 7.76. The normalized spacial score (nSPS) is 20.3. The predicted molar refractivity (Wildman–Crippen MR) is 172 cm³/mol. The van der Waals surface area contributed by atoms with E-state index in [1.807, 2.05) is 86.6 Å². The van der Waals surface area contributed by atoms with Crippen molar-refractivity contribution < 1.29 is 19.1 Å². The van der Waals surface area contributed by atoms with Crippen molar-refractivity contribution in [2.24, 2.45) is 11.8 Å². The number of hydrogen-bond acceptors (Lipinski definition) is 4. The van der Waals surface area contributed by atoms with Gasteiger partial charge in [-0.05, 0) is 40.5 Å². The van der Waals surface area contributed by atoms with Crippen LogP contribution in [0.5, 0.6) is 0 Å². The zero-order valence-corrected chi connectivity index (χ0v) is 25.7. The second-order valence-corrected chi connectivity index (χ2v) is 11.9. The minimum Gasteiger partial charge on any atom is -0.481 e. The van der Waals surface area contributed by atoms with Gasteiger partial charge in [-0.25, -0.2) is 0 Å². The Morgan fingerprint density at radius 1 is 0.500 bits per heavy atom. The van der Waals surface area contributed by atoms with E-state index in [-0.39, 0.29) is 23.4 Å². The highest BCUT2D eigenvalue weighted by molar-refractivity contribution is 5.96. The quantitative estimate of drug-likeness (QED) is 0.198. The van der Waals surface area contributed by atoms with Gasteiger partial charge >= 0.3 is 0 Å². The number of Topliss-reactive ketones (excluding diaryl/α,β-unsaturated/α-hetero) is 2. The van der Waals surface area contributed by atoms with Gasteiger partial charge in [0.15, 0.2) is 22.8 Å². The lowest BCUT2D eigenvalue weighted by atomic mass is 9.67. The van der Waals surface area contributed by atoms with Crippen molar-refractivity contribution in [2.45, 2.75) is 51.7 Å². The Labute approximate surface area is 260 Å². The summed E-state index contributed by atoms with van der Waals surface area (Å²) in [5, 5.41) is 0. The van der Waals surface area contributed by atoms with Crippen LogP contribution in [0.25, 0.3) is 0 Å². The zero-order valence-electron chi connectivity index (χ0n) is 25.7. The Balaban J connectivity index is 1.53. The van der Waals surface area contributed by atoms with E-state index in [0.717, 1.165) is 22.3 Å². The highest BCUT2D eigenvalue weighted by Crippen LogP contribution is 2.57. The summed E-state index contributed by atoms with van der Waals surface area (Å²) in [5.41, 5.74) is 3.57. The maximum atomic E-state index is 13.4. The van der Waals surface area contributed by atoms with Crippen molar-refractivity contribution in [1.29, 1.82) is 0 Å². The van der Waals surface area contributed by atoms with E-state index in [1.54, 1.807) is 13.8 Å². The average molecular weight is 583 g/mol. The van der Waals surface area contributed by atoms with Crippen LogP contribution >= 0.6 is 0 Å². The molecule has 44 heavy (non-hydrogen) atoms. The topological polar surface area (TPSA) is 52.6 Å². The molecule has 0 fully saturated rings. The highest BCUT2D eigenvalue weighted by Gasteiger charge is 2.56. The first kappa shape index (κ1) is 29.4. The second-order valence-electron chi connectivity index (χ2n) is 11.9. The summed E-state index contributed by atoms with van der Waals surface area (Å²) in [7, 11) is 0. The Kier molecular flexibility index (Phi) is 7.85. The number of rotatable bonds is 9. The van der Waals surface area contributed by atoms with Crippen LogP contribution in [0.1, 0.15) is 62.8 Å². The first-order chi connectivity index (χ1) is 21.3. The molecule has 4 nitrogen and oxygen atoms in total. The van der Waals surface area contributed by atoms with Gasteiger partial charge < -0.3 is 9.47 Å². The van der Waals surface area contributed by atoms with Gasteiger partial charge in [0.05, 0.1) is 0 Å². The van der Waals surface area contributed by atoms with Crippen molar-refractivity contribution in [1.82, 2.24) is 0 Å². The molecule has 0 N–H and O–H groups in total. The summed E-state index contributed by atoms with van der Waals surface area (Å²) < 4.78 is 13.8. The average Bonchev–Trinajstić information content (AvgIpc) is 3.53. The number of ketones is 2. The lowest BCUT2D eigenvalue weighted by Gasteiger charge is -2.40. The summed E-state index contributed by atoms with van der Waals surface area (Å²) in [5.74, 6) is 0.716. The first-order valence-electron chi connectivity index (χ1n) is 15.3. The summed E-state index contributed by atoms with van der Waals surface area (Å²) >= 11 is 0. The van der Waals surface area contributed by atoms with Crippen LogP contribution in [-0.4, -0.2) is 11.6 Å². The molecule has 2 heterocycles. The Hall–Kier alpha value is -4.70. The number of carbonyl (C=O) groups is 2. The molecule has 2 aliphatic heterocycles. The standard InChI is InChI=1S/C40H38O4/c1-27(41)37-29(3)43-39(31-17-9-5-10-18-31,32-19-11-6-12-20-32)35(37)25-26-36-38(28(2)42)30(4)44-40(36,33-21-13-7-14-22-33)34-23-15-8-16-24-34/h5-24,35-36H,25-26H2,1-4H3. The molecular formula is C40H38O4. The van der Waals surface area contributed by atoms with Gasteiger partial charge in [-0.1, -0.05) is 121 Å². The Morgan fingerprint density at radius 2 is 0.750 bits per heavy atom. The van der Waals surface area contributed by atoms with Gasteiger partial charge in [0.2, 0.25) is 0 Å². The van der Waals surface area contributed by atoms with Crippen molar-refractivity contribution in [3.8, 4) is 0 Å². The summed E-state index contributed by atoms with van der Waals surface area (Å²) in [6.07, 6.45) is 1.19. The van der Waals surface area contributed by atoms with Gasteiger partial charge in [0.25, 0.3) is 0 Å². The first-order valence-corrected chi connectivity index (χ1v) is 15.3. The molecule has 4 aromatic carbocycles. The lowest BCUT2D eigenvalue weighted by molar-refractivity contribution is -0.115. The molecule has 0 aromatic heterocycles. The molecule has 0 aliphatic carbocycles. The summed E-state index contributed by atoms with van der Waals surface area (Å²) in [6, 6.07) is 40.8. The van der Waals surface area contributed by atoms with Crippen molar-refractivity contribution in [3.05, 3.63) is 166 Å². The van der Waals surface area contributed by atoms with Crippen LogP contribution in [0.2, 0.25) is 0 Å². The zero-order chi connectivity index (χ0) is 30.9. The van der Waals surface area contributed by atoms with E-state index in [4.69, 9.17) is 9.47 Å². The third-order valence-electron chi connectivity index (χ3n) is 9.38. The van der Waals surface area contributed by atoms with Gasteiger partial charge in [-0.3, -0.25) is 9.59 Å². The third kappa shape index (κ3) is 4.70. The highest BCUT2D eigenvalue weighted by atomic mass is 16.5. The Morgan fingerprint density at radius 3 is 0.977 bits per heavy atom. The minimum atomic E-state index is -0.898. The molecule has 2 aliphatic rings. The van der Waals surface area contributed by atoms with Crippen molar-refractivity contribution >= 4 is 11.6 Å². The monoisotopic (exact) mass is 582 g/mol. The molecule has 0 saturated heterocycles. The van der Waals surface area contributed by atoms with Gasteiger partial charge in [0.1, 0.15) is 11.5 Å². The molecule has 0 saturated carbocycles. The maximum Gasteiger partial charge on any atom is 0.166 e. The smallest absolute Gasteiger partial charge is 0.166 e. The van der Waals surface area contributed by atoms with Gasteiger partial charge in [-0.15, -0.1) is 0 Å². The fourth-order valence-electron chi connectivity index (χ4n) is 7.76. The fraction of sp³-hybridized carbons (Fsp3) is 0.250. The van der Waals surface area contributed by atoms with Crippen LogP contribution in [0, 0.1) is 11.8 Å². The number of allylic oxidation sites excluding steroid dienone is 2.